The SMILES string of the molecule is COCCN1C(=O)/C(=C/c2ccc(Cl)s2)SC1=Nc1ccccc1. The summed E-state index contributed by atoms with van der Waals surface area (Å²) in [7, 11) is 1.62. The minimum Gasteiger partial charge on any atom is -0.383 e. The van der Waals surface area contributed by atoms with Crippen molar-refractivity contribution in [1.29, 1.82) is 0 Å². The number of hydrogen-bond donors (Lipinski definition) is 0. The normalized spacial score (nSPS) is 18.1. The molecule has 0 atom stereocenters. The van der Waals surface area contributed by atoms with Crippen molar-refractivity contribution in [2.45, 2.75) is 0 Å². The summed E-state index contributed by atoms with van der Waals surface area (Å²) in [5.41, 5.74) is 0.815. The van der Waals surface area contributed by atoms with Crippen LogP contribution in [-0.4, -0.2) is 36.2 Å². The first-order chi connectivity index (χ1) is 11.7. The van der Waals surface area contributed by atoms with Crippen LogP contribution in [0.3, 0.4) is 0 Å². The number of ether oxygens (including phenoxy) is 1. The van der Waals surface area contributed by atoms with Crippen LogP contribution in [0.5, 0.6) is 0 Å². The van der Waals surface area contributed by atoms with Crippen LogP contribution in [0.1, 0.15) is 4.88 Å². The van der Waals surface area contributed by atoms with E-state index in [-0.39, 0.29) is 5.91 Å². The molecule has 124 valence electrons. The Kier molecular flexibility index (Phi) is 5.73. The molecule has 2 aromatic rings. The van der Waals surface area contributed by atoms with Crippen molar-refractivity contribution >= 4 is 57.5 Å². The number of hydrogen-bond acceptors (Lipinski definition) is 5. The number of amides is 1. The second kappa shape index (κ2) is 7.98. The highest BCUT2D eigenvalue weighted by Gasteiger charge is 2.33. The highest BCUT2D eigenvalue weighted by molar-refractivity contribution is 8.18. The van der Waals surface area contributed by atoms with Gasteiger partial charge < -0.3 is 4.74 Å². The maximum atomic E-state index is 12.7. The molecule has 1 fully saturated rings. The van der Waals surface area contributed by atoms with Crippen molar-refractivity contribution in [3.05, 3.63) is 56.6 Å². The second-order valence-electron chi connectivity index (χ2n) is 4.93. The number of amidine groups is 1. The number of carbonyl (C=O) groups excluding carboxylic acids is 1. The average Bonchev–Trinajstić information content (AvgIpc) is 3.11. The number of para-hydroxylation sites is 1. The van der Waals surface area contributed by atoms with E-state index in [1.54, 1.807) is 12.0 Å². The summed E-state index contributed by atoms with van der Waals surface area (Å²) in [5, 5.41) is 0.664. The van der Waals surface area contributed by atoms with Crippen LogP contribution in [0.2, 0.25) is 4.34 Å². The van der Waals surface area contributed by atoms with Gasteiger partial charge in [-0.1, -0.05) is 29.8 Å². The zero-order valence-electron chi connectivity index (χ0n) is 12.9. The Morgan fingerprint density at radius 1 is 1.25 bits per heavy atom. The van der Waals surface area contributed by atoms with E-state index in [2.05, 4.69) is 4.99 Å². The second-order valence-corrected chi connectivity index (χ2v) is 7.69. The van der Waals surface area contributed by atoms with Gasteiger partial charge in [-0.3, -0.25) is 9.69 Å². The number of nitrogens with zero attached hydrogens (tertiary/aromatic N) is 2. The lowest BCUT2D eigenvalue weighted by Gasteiger charge is -2.14. The Morgan fingerprint density at radius 2 is 2.04 bits per heavy atom. The molecule has 3 rings (SSSR count). The summed E-state index contributed by atoms with van der Waals surface area (Å²) in [6, 6.07) is 13.3. The number of aliphatic imine (C=N–C) groups is 1. The van der Waals surface area contributed by atoms with Gasteiger partial charge in [-0.05, 0) is 42.1 Å². The smallest absolute Gasteiger partial charge is 0.266 e. The Hall–Kier alpha value is -1.60. The van der Waals surface area contributed by atoms with Crippen molar-refractivity contribution < 1.29 is 9.53 Å². The van der Waals surface area contributed by atoms with Crippen LogP contribution < -0.4 is 0 Å². The lowest BCUT2D eigenvalue weighted by Crippen LogP contribution is -2.32. The van der Waals surface area contributed by atoms with Crippen molar-refractivity contribution in [2.75, 3.05) is 20.3 Å². The number of thioether (sulfide) groups is 1. The fraction of sp³-hybridized carbons (Fsp3) is 0.176. The molecular formula is C17H15ClN2O2S2. The maximum Gasteiger partial charge on any atom is 0.266 e. The molecule has 0 bridgehead atoms. The minimum atomic E-state index is -0.0590. The van der Waals surface area contributed by atoms with E-state index >= 15 is 0 Å². The third-order valence-corrected chi connectivity index (χ3v) is 5.44. The molecule has 0 saturated carbocycles. The third-order valence-electron chi connectivity index (χ3n) is 3.26. The van der Waals surface area contributed by atoms with Gasteiger partial charge >= 0.3 is 0 Å². The molecule has 0 aliphatic carbocycles. The van der Waals surface area contributed by atoms with E-state index in [1.165, 1.54) is 23.1 Å². The highest BCUT2D eigenvalue weighted by Crippen LogP contribution is 2.35. The van der Waals surface area contributed by atoms with Crippen LogP contribution in [0.15, 0.2) is 52.4 Å². The molecule has 0 N–H and O–H groups in total. The largest absolute Gasteiger partial charge is 0.383 e. The number of methoxy groups -OCH3 is 1. The van der Waals surface area contributed by atoms with Gasteiger partial charge in [0.1, 0.15) is 0 Å². The standard InChI is InChI=1S/C17H15ClN2O2S2/c1-22-10-9-20-16(21)14(11-13-7-8-15(18)23-13)24-17(20)19-12-5-3-2-4-6-12/h2-8,11H,9-10H2,1H3/b14-11-,19-17?. The molecule has 2 heterocycles. The zero-order chi connectivity index (χ0) is 16.9. The molecule has 1 aromatic heterocycles. The molecule has 1 saturated heterocycles. The molecule has 0 unspecified atom stereocenters. The van der Waals surface area contributed by atoms with Crippen LogP contribution in [0.4, 0.5) is 5.69 Å². The van der Waals surface area contributed by atoms with Crippen LogP contribution in [0.25, 0.3) is 6.08 Å². The van der Waals surface area contributed by atoms with Crippen molar-refractivity contribution in [2.24, 2.45) is 4.99 Å². The molecular weight excluding hydrogens is 364 g/mol. The van der Waals surface area contributed by atoms with Crippen molar-refractivity contribution in [3.8, 4) is 0 Å². The minimum absolute atomic E-state index is 0.0590. The van der Waals surface area contributed by atoms with Crippen molar-refractivity contribution in [3.63, 3.8) is 0 Å². The Balaban J connectivity index is 1.90. The van der Waals surface area contributed by atoms with E-state index in [0.717, 1.165) is 10.6 Å². The quantitative estimate of drug-likeness (QED) is 0.711. The number of halogens is 1. The molecule has 7 heteroatoms. The van der Waals surface area contributed by atoms with Crippen molar-refractivity contribution in [1.82, 2.24) is 4.90 Å². The first kappa shape index (κ1) is 17.2. The third kappa shape index (κ3) is 4.08. The van der Waals surface area contributed by atoms with Gasteiger partial charge in [0, 0.05) is 12.0 Å². The van der Waals surface area contributed by atoms with Gasteiger partial charge in [-0.2, -0.15) is 0 Å². The van der Waals surface area contributed by atoms with Crippen LogP contribution in [0, 0.1) is 0 Å². The van der Waals surface area contributed by atoms with E-state index in [4.69, 9.17) is 16.3 Å². The van der Waals surface area contributed by atoms with Gasteiger partial charge in [0.05, 0.1) is 28.1 Å². The summed E-state index contributed by atoms with van der Waals surface area (Å²) in [5.74, 6) is -0.0590. The van der Waals surface area contributed by atoms with E-state index < -0.39 is 0 Å². The first-order valence-electron chi connectivity index (χ1n) is 7.27. The number of benzene rings is 1. The summed E-state index contributed by atoms with van der Waals surface area (Å²) >= 11 is 8.78. The number of rotatable bonds is 5. The zero-order valence-corrected chi connectivity index (χ0v) is 15.3. The van der Waals surface area contributed by atoms with E-state index in [9.17, 15) is 4.79 Å². The lowest BCUT2D eigenvalue weighted by molar-refractivity contribution is -0.122. The summed E-state index contributed by atoms with van der Waals surface area (Å²) in [6.45, 7) is 0.925. The lowest BCUT2D eigenvalue weighted by atomic mass is 10.3. The highest BCUT2D eigenvalue weighted by atomic mass is 35.5. The Morgan fingerprint density at radius 3 is 2.71 bits per heavy atom. The van der Waals surface area contributed by atoms with Gasteiger partial charge in [0.15, 0.2) is 5.17 Å². The van der Waals surface area contributed by atoms with Crippen LogP contribution in [-0.2, 0) is 9.53 Å². The molecule has 1 aliphatic heterocycles. The van der Waals surface area contributed by atoms with Gasteiger partial charge in [-0.15, -0.1) is 11.3 Å². The molecule has 24 heavy (non-hydrogen) atoms. The summed E-state index contributed by atoms with van der Waals surface area (Å²) in [4.78, 5) is 20.5. The topological polar surface area (TPSA) is 41.9 Å². The molecule has 1 aliphatic rings. The van der Waals surface area contributed by atoms with Gasteiger partial charge in [0.25, 0.3) is 5.91 Å². The van der Waals surface area contributed by atoms with Crippen LogP contribution >= 0.6 is 34.7 Å². The Bertz CT molecular complexity index is 787. The molecule has 1 aromatic carbocycles. The predicted octanol–water partition coefficient (Wildman–Crippen LogP) is 4.65. The number of carbonyl (C=O) groups is 1. The summed E-state index contributed by atoms with van der Waals surface area (Å²) in [6.07, 6.45) is 1.86. The van der Waals surface area contributed by atoms with E-state index in [1.807, 2.05) is 48.5 Å². The fourth-order valence-corrected chi connectivity index (χ4v) is 4.21. The van der Waals surface area contributed by atoms with Gasteiger partial charge in [-0.25, -0.2) is 4.99 Å². The van der Waals surface area contributed by atoms with Gasteiger partial charge in [0.2, 0.25) is 0 Å². The van der Waals surface area contributed by atoms with E-state index in [0.29, 0.717) is 27.6 Å². The molecule has 0 spiro atoms. The summed E-state index contributed by atoms with van der Waals surface area (Å²) < 4.78 is 5.82. The Labute approximate surface area is 153 Å². The average molecular weight is 379 g/mol. The molecule has 4 nitrogen and oxygen atoms in total. The molecule has 0 radical (unpaired) electrons. The maximum absolute atomic E-state index is 12.7. The number of thiophene rings is 1. The fourth-order valence-electron chi connectivity index (χ4n) is 2.12. The monoisotopic (exact) mass is 378 g/mol. The first-order valence-corrected chi connectivity index (χ1v) is 9.28. The molecule has 1 amide bonds. The predicted molar refractivity (Wildman–Crippen MR) is 102 cm³/mol.